The third-order valence-corrected chi connectivity index (χ3v) is 4.01. The van der Waals surface area contributed by atoms with E-state index < -0.39 is 10.1 Å². The average molecular weight is 277 g/mol. The number of hydrogen-bond donors (Lipinski definition) is 1. The Kier molecular flexibility index (Phi) is 3.48. The number of benzene rings is 2. The first-order chi connectivity index (χ1) is 8.88. The maximum absolute atomic E-state index is 12.1. The molecule has 2 aromatic carbocycles. The molecule has 0 aromatic heterocycles. The average Bonchev–Trinajstić information content (AvgIpc) is 2.35. The van der Waals surface area contributed by atoms with Crippen LogP contribution in [0.1, 0.15) is 11.1 Å². The summed E-state index contributed by atoms with van der Waals surface area (Å²) in [7, 11) is -3.85. The van der Waals surface area contributed by atoms with Crippen molar-refractivity contribution < 1.29 is 12.6 Å². The number of hydrogen-bond acceptors (Lipinski definition) is 4. The molecular formula is C14H15NO3S. The van der Waals surface area contributed by atoms with E-state index in [-0.39, 0.29) is 10.6 Å². The van der Waals surface area contributed by atoms with Crippen LogP contribution in [0.2, 0.25) is 0 Å². The fourth-order valence-corrected chi connectivity index (χ4v) is 2.51. The molecule has 2 rings (SSSR count). The summed E-state index contributed by atoms with van der Waals surface area (Å²) in [6.45, 7) is 3.73. The lowest BCUT2D eigenvalue weighted by Gasteiger charge is -2.08. The van der Waals surface area contributed by atoms with Crippen LogP contribution in [0.25, 0.3) is 0 Å². The number of nitrogens with two attached hydrogens (primary N) is 1. The van der Waals surface area contributed by atoms with E-state index in [1.807, 2.05) is 13.8 Å². The van der Waals surface area contributed by atoms with Crippen molar-refractivity contribution >= 4 is 15.8 Å². The molecule has 5 heteroatoms. The lowest BCUT2D eigenvalue weighted by molar-refractivity contribution is 0.486. The van der Waals surface area contributed by atoms with Gasteiger partial charge in [-0.3, -0.25) is 0 Å². The van der Waals surface area contributed by atoms with Crippen molar-refractivity contribution in [2.24, 2.45) is 0 Å². The number of aryl methyl sites for hydroxylation is 2. The van der Waals surface area contributed by atoms with Crippen LogP contribution in [0.5, 0.6) is 5.75 Å². The van der Waals surface area contributed by atoms with Crippen molar-refractivity contribution in [2.75, 3.05) is 5.73 Å². The van der Waals surface area contributed by atoms with Crippen molar-refractivity contribution in [2.45, 2.75) is 18.7 Å². The predicted molar refractivity (Wildman–Crippen MR) is 74.6 cm³/mol. The molecule has 0 saturated heterocycles. The van der Waals surface area contributed by atoms with Gasteiger partial charge in [-0.1, -0.05) is 23.8 Å². The van der Waals surface area contributed by atoms with E-state index in [0.717, 1.165) is 11.1 Å². The van der Waals surface area contributed by atoms with Gasteiger partial charge < -0.3 is 9.92 Å². The van der Waals surface area contributed by atoms with Crippen LogP contribution in [-0.4, -0.2) is 8.42 Å². The number of nitrogen functional groups attached to an aromatic ring is 1. The van der Waals surface area contributed by atoms with Crippen molar-refractivity contribution in [1.82, 2.24) is 0 Å². The first kappa shape index (κ1) is 13.4. The van der Waals surface area contributed by atoms with Crippen molar-refractivity contribution in [3.05, 3.63) is 53.6 Å². The SMILES string of the molecule is Cc1ccc(OS(=O)(=O)c2ccc(C)c(N)c2)cc1. The standard InChI is InChI=1S/C14H15NO3S/c1-10-3-6-12(7-4-10)18-19(16,17)13-8-5-11(2)14(15)9-13/h3-9H,15H2,1-2H3. The zero-order chi connectivity index (χ0) is 14.0. The van der Waals surface area contributed by atoms with Crippen LogP contribution in [-0.2, 0) is 10.1 Å². The highest BCUT2D eigenvalue weighted by Gasteiger charge is 2.17. The minimum absolute atomic E-state index is 0.0520. The number of rotatable bonds is 3. The Bertz CT molecular complexity index is 691. The molecular weight excluding hydrogens is 262 g/mol. The van der Waals surface area contributed by atoms with Crippen LogP contribution in [0.15, 0.2) is 47.4 Å². The Morgan fingerprint density at radius 1 is 1.00 bits per heavy atom. The zero-order valence-corrected chi connectivity index (χ0v) is 11.6. The largest absolute Gasteiger partial charge is 0.398 e. The van der Waals surface area contributed by atoms with E-state index in [9.17, 15) is 8.42 Å². The molecule has 0 heterocycles. The molecule has 0 aliphatic carbocycles. The van der Waals surface area contributed by atoms with Crippen molar-refractivity contribution in [3.63, 3.8) is 0 Å². The lowest BCUT2D eigenvalue weighted by Crippen LogP contribution is -2.10. The first-order valence-corrected chi connectivity index (χ1v) is 7.16. The van der Waals surface area contributed by atoms with Crippen LogP contribution in [0.4, 0.5) is 5.69 Å². The molecule has 0 amide bonds. The second-order valence-corrected chi connectivity index (χ2v) is 5.92. The van der Waals surface area contributed by atoms with Gasteiger partial charge in [0, 0.05) is 5.69 Å². The predicted octanol–water partition coefficient (Wildman–Crippen LogP) is 2.65. The molecule has 19 heavy (non-hydrogen) atoms. The molecule has 2 aromatic rings. The highest BCUT2D eigenvalue weighted by molar-refractivity contribution is 7.87. The Morgan fingerprint density at radius 3 is 2.21 bits per heavy atom. The molecule has 0 unspecified atom stereocenters. The van der Waals surface area contributed by atoms with Gasteiger partial charge in [0.2, 0.25) is 0 Å². The molecule has 0 spiro atoms. The molecule has 0 aliphatic rings. The topological polar surface area (TPSA) is 69.4 Å². The van der Waals surface area contributed by atoms with E-state index >= 15 is 0 Å². The summed E-state index contributed by atoms with van der Waals surface area (Å²) in [6.07, 6.45) is 0. The molecule has 0 atom stereocenters. The third kappa shape index (κ3) is 3.06. The lowest BCUT2D eigenvalue weighted by atomic mass is 10.2. The van der Waals surface area contributed by atoms with Crippen molar-refractivity contribution in [1.29, 1.82) is 0 Å². The molecule has 2 N–H and O–H groups in total. The zero-order valence-electron chi connectivity index (χ0n) is 10.8. The first-order valence-electron chi connectivity index (χ1n) is 5.76. The Morgan fingerprint density at radius 2 is 1.63 bits per heavy atom. The summed E-state index contributed by atoms with van der Waals surface area (Å²) in [5.41, 5.74) is 8.00. The van der Waals surface area contributed by atoms with Gasteiger partial charge in [-0.2, -0.15) is 8.42 Å². The summed E-state index contributed by atoms with van der Waals surface area (Å²) in [6, 6.07) is 11.3. The Hall–Kier alpha value is -2.01. The minimum Gasteiger partial charge on any atom is -0.398 e. The highest BCUT2D eigenvalue weighted by atomic mass is 32.2. The second kappa shape index (κ2) is 4.93. The van der Waals surface area contributed by atoms with Crippen LogP contribution in [0.3, 0.4) is 0 Å². The quantitative estimate of drug-likeness (QED) is 0.691. The summed E-state index contributed by atoms with van der Waals surface area (Å²) in [4.78, 5) is 0.0520. The molecule has 0 fully saturated rings. The monoisotopic (exact) mass is 277 g/mol. The Labute approximate surface area is 113 Å². The minimum atomic E-state index is -3.85. The smallest absolute Gasteiger partial charge is 0.339 e. The van der Waals surface area contributed by atoms with E-state index in [1.165, 1.54) is 12.1 Å². The third-order valence-electron chi connectivity index (χ3n) is 2.77. The molecule has 100 valence electrons. The van der Waals surface area contributed by atoms with Gasteiger partial charge in [0.25, 0.3) is 0 Å². The normalized spacial score (nSPS) is 11.3. The van der Waals surface area contributed by atoms with Gasteiger partial charge in [-0.15, -0.1) is 0 Å². The maximum Gasteiger partial charge on any atom is 0.339 e. The van der Waals surface area contributed by atoms with E-state index in [4.69, 9.17) is 9.92 Å². The van der Waals surface area contributed by atoms with E-state index in [2.05, 4.69) is 0 Å². The summed E-state index contributed by atoms with van der Waals surface area (Å²) in [5, 5.41) is 0. The summed E-state index contributed by atoms with van der Waals surface area (Å²) in [5.74, 6) is 0.282. The highest BCUT2D eigenvalue weighted by Crippen LogP contribution is 2.22. The maximum atomic E-state index is 12.1. The fraction of sp³-hybridized carbons (Fsp3) is 0.143. The van der Waals surface area contributed by atoms with Gasteiger partial charge in [-0.25, -0.2) is 0 Å². The Balaban J connectivity index is 2.32. The van der Waals surface area contributed by atoms with Gasteiger partial charge in [0.15, 0.2) is 0 Å². The summed E-state index contributed by atoms with van der Waals surface area (Å²) < 4.78 is 29.2. The summed E-state index contributed by atoms with van der Waals surface area (Å²) >= 11 is 0. The fourth-order valence-electron chi connectivity index (χ4n) is 1.54. The van der Waals surface area contributed by atoms with E-state index in [1.54, 1.807) is 30.3 Å². The number of anilines is 1. The molecule has 0 aliphatic heterocycles. The van der Waals surface area contributed by atoms with Crippen molar-refractivity contribution in [3.8, 4) is 5.75 Å². The second-order valence-electron chi connectivity index (χ2n) is 4.37. The van der Waals surface area contributed by atoms with Crippen LogP contribution in [0, 0.1) is 13.8 Å². The van der Waals surface area contributed by atoms with Gasteiger partial charge in [0.05, 0.1) is 0 Å². The molecule has 0 radical (unpaired) electrons. The van der Waals surface area contributed by atoms with Gasteiger partial charge >= 0.3 is 10.1 Å². The van der Waals surface area contributed by atoms with Gasteiger partial charge in [-0.05, 0) is 43.7 Å². The van der Waals surface area contributed by atoms with Gasteiger partial charge in [0.1, 0.15) is 10.6 Å². The van der Waals surface area contributed by atoms with E-state index in [0.29, 0.717) is 5.69 Å². The molecule has 4 nitrogen and oxygen atoms in total. The molecule has 0 bridgehead atoms. The molecule has 0 saturated carbocycles. The van der Waals surface area contributed by atoms with Crippen LogP contribution >= 0.6 is 0 Å². The van der Waals surface area contributed by atoms with Crippen LogP contribution < -0.4 is 9.92 Å².